The Bertz CT molecular complexity index is 349. The van der Waals surface area contributed by atoms with Gasteiger partial charge in [-0.1, -0.05) is 68.0 Å². The van der Waals surface area contributed by atoms with Crippen molar-refractivity contribution in [2.24, 2.45) is 5.92 Å². The van der Waals surface area contributed by atoms with Gasteiger partial charge in [-0.25, -0.2) is 0 Å². The van der Waals surface area contributed by atoms with Crippen molar-refractivity contribution in [2.45, 2.75) is 85.0 Å². The zero-order valence-corrected chi connectivity index (χ0v) is 18.5. The van der Waals surface area contributed by atoms with Gasteiger partial charge in [0.2, 0.25) is 0 Å². The van der Waals surface area contributed by atoms with Gasteiger partial charge in [0.05, 0.1) is 6.10 Å². The molecule has 0 aliphatic carbocycles. The molecule has 21 heavy (non-hydrogen) atoms. The fourth-order valence-electron chi connectivity index (χ4n) is 1.97. The van der Waals surface area contributed by atoms with Crippen LogP contribution in [0.5, 0.6) is 0 Å². The zero-order chi connectivity index (χ0) is 16.7. The Morgan fingerprint density at radius 3 is 2.24 bits per heavy atom. The molecule has 0 fully saturated rings. The van der Waals surface area contributed by atoms with E-state index in [-0.39, 0.29) is 11.1 Å². The molecule has 1 nitrogen and oxygen atoms in total. The van der Waals surface area contributed by atoms with Crippen molar-refractivity contribution in [3.63, 3.8) is 0 Å². The molecule has 0 aliphatic rings. The summed E-state index contributed by atoms with van der Waals surface area (Å²) in [5.74, 6) is 0.697. The first-order valence-corrected chi connectivity index (χ1v) is 12.2. The third kappa shape index (κ3) is 9.19. The van der Waals surface area contributed by atoms with Gasteiger partial charge >= 0.3 is 0 Å². The molecule has 0 spiro atoms. The second kappa shape index (κ2) is 9.51. The highest BCUT2D eigenvalue weighted by Gasteiger charge is 2.38. The van der Waals surface area contributed by atoms with Crippen LogP contribution >= 0.6 is 22.6 Å². The molecule has 0 saturated heterocycles. The Morgan fingerprint density at radius 2 is 1.81 bits per heavy atom. The normalized spacial score (nSPS) is 16.0. The van der Waals surface area contributed by atoms with Crippen LogP contribution in [0.15, 0.2) is 21.8 Å². The molecular formula is C18H35IOSi. The summed E-state index contributed by atoms with van der Waals surface area (Å²) in [5.41, 5.74) is 1.42. The first kappa shape index (κ1) is 21.4. The van der Waals surface area contributed by atoms with E-state index in [0.29, 0.717) is 5.92 Å². The van der Waals surface area contributed by atoms with E-state index in [1.165, 1.54) is 18.4 Å². The minimum absolute atomic E-state index is 0.268. The number of hydrogen-bond donors (Lipinski definition) is 0. The molecular weight excluding hydrogens is 387 g/mol. The van der Waals surface area contributed by atoms with Gasteiger partial charge in [-0.05, 0) is 61.2 Å². The summed E-state index contributed by atoms with van der Waals surface area (Å²) in [6, 6.07) is 0. The molecule has 0 aromatic carbocycles. The Labute approximate surface area is 147 Å². The topological polar surface area (TPSA) is 9.23 Å². The van der Waals surface area contributed by atoms with E-state index in [4.69, 9.17) is 4.43 Å². The van der Waals surface area contributed by atoms with Crippen LogP contribution in [0.25, 0.3) is 0 Å². The highest BCUT2D eigenvalue weighted by Crippen LogP contribution is 2.38. The molecule has 0 aliphatic heterocycles. The Balaban J connectivity index is 4.60. The summed E-state index contributed by atoms with van der Waals surface area (Å²) in [7, 11) is -1.69. The van der Waals surface area contributed by atoms with Gasteiger partial charge in [-0.2, -0.15) is 0 Å². The largest absolute Gasteiger partial charge is 0.411 e. The van der Waals surface area contributed by atoms with E-state index in [1.54, 1.807) is 0 Å². The lowest BCUT2D eigenvalue weighted by atomic mass is 9.98. The molecule has 0 radical (unpaired) electrons. The van der Waals surface area contributed by atoms with Crippen LogP contribution in [0.1, 0.15) is 60.8 Å². The molecule has 0 saturated carbocycles. The smallest absolute Gasteiger partial charge is 0.192 e. The molecule has 0 amide bonds. The van der Waals surface area contributed by atoms with Crippen LogP contribution in [-0.4, -0.2) is 14.4 Å². The average Bonchev–Trinajstić information content (AvgIpc) is 2.26. The van der Waals surface area contributed by atoms with Crippen molar-refractivity contribution in [3.8, 4) is 0 Å². The van der Waals surface area contributed by atoms with E-state index in [2.05, 4.69) is 93.5 Å². The van der Waals surface area contributed by atoms with Gasteiger partial charge in [0.1, 0.15) is 0 Å². The van der Waals surface area contributed by atoms with Gasteiger partial charge in [-0.15, -0.1) is 0 Å². The average molecular weight is 422 g/mol. The van der Waals surface area contributed by atoms with E-state index in [9.17, 15) is 0 Å². The highest BCUT2D eigenvalue weighted by molar-refractivity contribution is 14.1. The van der Waals surface area contributed by atoms with Gasteiger partial charge in [0, 0.05) is 0 Å². The lowest BCUT2D eigenvalue weighted by Gasteiger charge is -2.39. The summed E-state index contributed by atoms with van der Waals surface area (Å²) < 4.78 is 8.68. The highest BCUT2D eigenvalue weighted by atomic mass is 127. The lowest BCUT2D eigenvalue weighted by molar-refractivity contribution is 0.192. The predicted octanol–water partition coefficient (Wildman–Crippen LogP) is 7.10. The number of allylic oxidation sites excluding steroid dienone is 2. The summed E-state index contributed by atoms with van der Waals surface area (Å²) in [5, 5.41) is 0.273. The summed E-state index contributed by atoms with van der Waals surface area (Å²) >= 11 is 2.30. The van der Waals surface area contributed by atoms with Crippen molar-refractivity contribution in [1.29, 1.82) is 0 Å². The maximum Gasteiger partial charge on any atom is 0.192 e. The quantitative estimate of drug-likeness (QED) is 0.230. The molecule has 0 aromatic rings. The third-order valence-electron chi connectivity index (χ3n) is 4.39. The fourth-order valence-corrected chi connectivity index (χ4v) is 3.72. The van der Waals surface area contributed by atoms with Crippen molar-refractivity contribution in [2.75, 3.05) is 0 Å². The van der Waals surface area contributed by atoms with Gasteiger partial charge in [0.25, 0.3) is 0 Å². The predicted molar refractivity (Wildman–Crippen MR) is 108 cm³/mol. The second-order valence-corrected chi connectivity index (χ2v) is 13.4. The van der Waals surface area contributed by atoms with Gasteiger partial charge in [-0.3, -0.25) is 0 Å². The molecule has 0 rings (SSSR count). The Hall–Kier alpha value is 0.387. The molecule has 0 unspecified atom stereocenters. The molecule has 0 bridgehead atoms. The molecule has 0 N–H and O–H groups in total. The van der Waals surface area contributed by atoms with Crippen LogP contribution in [0.2, 0.25) is 18.1 Å². The maximum atomic E-state index is 6.57. The summed E-state index contributed by atoms with van der Waals surface area (Å²) in [4.78, 5) is 0. The van der Waals surface area contributed by atoms with Crippen molar-refractivity contribution < 1.29 is 4.43 Å². The fraction of sp³-hybridized carbons (Fsp3) is 0.778. The molecule has 124 valence electrons. The van der Waals surface area contributed by atoms with E-state index >= 15 is 0 Å². The third-order valence-corrected chi connectivity index (χ3v) is 9.31. The second-order valence-electron chi connectivity index (χ2n) is 7.93. The number of hydrogen-bond acceptors (Lipinski definition) is 1. The zero-order valence-electron chi connectivity index (χ0n) is 15.3. The minimum atomic E-state index is -1.69. The summed E-state index contributed by atoms with van der Waals surface area (Å²) in [6.45, 7) is 18.3. The molecule has 0 heterocycles. The standard InChI is InChI=1S/C18H35IOSi/c1-15(2)10-9-11-16(3)14-17(12-13-19)20-21(7,8)18(4,5)6/h10,12-13,16-17H,9,11,14H2,1-8H3/t16-,17-/m1/s1. The molecule has 3 heteroatoms. The molecule has 0 aromatic heterocycles. The first-order valence-electron chi connectivity index (χ1n) is 8.07. The van der Waals surface area contributed by atoms with E-state index < -0.39 is 8.32 Å². The van der Waals surface area contributed by atoms with Crippen LogP contribution in [0.4, 0.5) is 0 Å². The molecule has 2 atom stereocenters. The van der Waals surface area contributed by atoms with Crippen LogP contribution < -0.4 is 0 Å². The van der Waals surface area contributed by atoms with E-state index in [1.807, 2.05) is 0 Å². The van der Waals surface area contributed by atoms with E-state index in [0.717, 1.165) is 6.42 Å². The van der Waals surface area contributed by atoms with Crippen molar-refractivity contribution >= 4 is 30.9 Å². The van der Waals surface area contributed by atoms with Gasteiger partial charge in [0.15, 0.2) is 8.32 Å². The SMILES string of the molecule is CC(C)=CCC[C@@H](C)C[C@@H](C=CI)O[Si](C)(C)C(C)(C)C. The Morgan fingerprint density at radius 1 is 1.24 bits per heavy atom. The van der Waals surface area contributed by atoms with Crippen LogP contribution in [-0.2, 0) is 4.43 Å². The Kier molecular flexibility index (Phi) is 9.68. The lowest BCUT2D eigenvalue weighted by Crippen LogP contribution is -2.43. The number of halogens is 1. The van der Waals surface area contributed by atoms with Crippen molar-refractivity contribution in [1.82, 2.24) is 0 Å². The monoisotopic (exact) mass is 422 g/mol. The number of rotatable bonds is 8. The van der Waals surface area contributed by atoms with Gasteiger partial charge < -0.3 is 4.43 Å². The maximum absolute atomic E-state index is 6.57. The van der Waals surface area contributed by atoms with Crippen LogP contribution in [0.3, 0.4) is 0 Å². The van der Waals surface area contributed by atoms with Crippen molar-refractivity contribution in [3.05, 3.63) is 21.8 Å². The van der Waals surface area contributed by atoms with Crippen LogP contribution in [0, 0.1) is 5.92 Å². The minimum Gasteiger partial charge on any atom is -0.411 e. The first-order chi connectivity index (χ1) is 9.49. The summed E-state index contributed by atoms with van der Waals surface area (Å²) in [6.07, 6.45) is 8.40.